The molecule has 2 N–H and O–H groups in total. The third-order valence-electron chi connectivity index (χ3n) is 2.28. The number of aromatic nitrogens is 1. The van der Waals surface area contributed by atoms with E-state index in [1.54, 1.807) is 11.3 Å². The maximum absolute atomic E-state index is 6.09. The van der Waals surface area contributed by atoms with Crippen molar-refractivity contribution in [2.75, 3.05) is 0 Å². The SMILES string of the molecule is CCCc1csc(C(C)(N)CC)n1. The molecule has 0 spiro atoms. The van der Waals surface area contributed by atoms with Crippen molar-refractivity contribution in [1.29, 1.82) is 0 Å². The zero-order valence-corrected chi connectivity index (χ0v) is 9.45. The molecule has 0 fully saturated rings. The molecule has 0 aliphatic heterocycles. The van der Waals surface area contributed by atoms with E-state index in [-0.39, 0.29) is 5.54 Å². The zero-order valence-electron chi connectivity index (χ0n) is 8.63. The molecular weight excluding hydrogens is 180 g/mol. The first kappa shape index (κ1) is 10.7. The summed E-state index contributed by atoms with van der Waals surface area (Å²) in [6.07, 6.45) is 3.15. The molecule has 0 aromatic carbocycles. The molecule has 2 nitrogen and oxygen atoms in total. The molecule has 74 valence electrons. The van der Waals surface area contributed by atoms with Crippen molar-refractivity contribution < 1.29 is 0 Å². The van der Waals surface area contributed by atoms with E-state index in [1.165, 1.54) is 5.69 Å². The number of hydrogen-bond donors (Lipinski definition) is 1. The van der Waals surface area contributed by atoms with Gasteiger partial charge >= 0.3 is 0 Å². The van der Waals surface area contributed by atoms with Crippen molar-refractivity contribution in [1.82, 2.24) is 4.98 Å². The number of nitrogens with two attached hydrogens (primary N) is 1. The van der Waals surface area contributed by atoms with Gasteiger partial charge in [-0.05, 0) is 19.8 Å². The lowest BCUT2D eigenvalue weighted by Crippen LogP contribution is -2.31. The molecule has 3 heteroatoms. The second kappa shape index (κ2) is 4.20. The molecule has 0 aliphatic rings. The number of aryl methyl sites for hydroxylation is 1. The van der Waals surface area contributed by atoms with Crippen LogP contribution in [0.3, 0.4) is 0 Å². The van der Waals surface area contributed by atoms with Crippen LogP contribution in [0.25, 0.3) is 0 Å². The van der Waals surface area contributed by atoms with Gasteiger partial charge in [-0.25, -0.2) is 4.98 Å². The number of thiazole rings is 1. The Labute approximate surface area is 84.2 Å². The molecule has 1 heterocycles. The van der Waals surface area contributed by atoms with Gasteiger partial charge in [0.1, 0.15) is 5.01 Å². The van der Waals surface area contributed by atoms with Gasteiger partial charge in [-0.1, -0.05) is 20.3 Å². The molecule has 0 amide bonds. The van der Waals surface area contributed by atoms with E-state index in [0.717, 1.165) is 24.3 Å². The van der Waals surface area contributed by atoms with E-state index in [2.05, 4.69) is 24.2 Å². The van der Waals surface area contributed by atoms with Crippen LogP contribution < -0.4 is 5.73 Å². The van der Waals surface area contributed by atoms with Gasteiger partial charge in [-0.2, -0.15) is 0 Å². The maximum Gasteiger partial charge on any atom is 0.112 e. The molecule has 0 aliphatic carbocycles. The van der Waals surface area contributed by atoms with E-state index in [4.69, 9.17) is 5.73 Å². The molecule has 1 rings (SSSR count). The summed E-state index contributed by atoms with van der Waals surface area (Å²) in [5.74, 6) is 0. The van der Waals surface area contributed by atoms with Crippen LogP contribution >= 0.6 is 11.3 Å². The Hall–Kier alpha value is -0.410. The first-order valence-electron chi connectivity index (χ1n) is 4.84. The predicted molar refractivity (Wildman–Crippen MR) is 57.9 cm³/mol. The highest BCUT2D eigenvalue weighted by Crippen LogP contribution is 2.25. The van der Waals surface area contributed by atoms with Gasteiger partial charge < -0.3 is 5.73 Å². The maximum atomic E-state index is 6.09. The number of hydrogen-bond acceptors (Lipinski definition) is 3. The van der Waals surface area contributed by atoms with E-state index >= 15 is 0 Å². The smallest absolute Gasteiger partial charge is 0.112 e. The van der Waals surface area contributed by atoms with Crippen LogP contribution in [0.4, 0.5) is 0 Å². The fraction of sp³-hybridized carbons (Fsp3) is 0.700. The molecule has 1 atom stereocenters. The van der Waals surface area contributed by atoms with Gasteiger partial charge in [0.2, 0.25) is 0 Å². The first-order chi connectivity index (χ1) is 6.10. The monoisotopic (exact) mass is 198 g/mol. The first-order valence-corrected chi connectivity index (χ1v) is 5.72. The van der Waals surface area contributed by atoms with E-state index in [9.17, 15) is 0 Å². The molecule has 13 heavy (non-hydrogen) atoms. The molecular formula is C10H18N2S. The van der Waals surface area contributed by atoms with Gasteiger partial charge in [-0.3, -0.25) is 0 Å². The summed E-state index contributed by atoms with van der Waals surface area (Å²) in [4.78, 5) is 4.54. The predicted octanol–water partition coefficient (Wildman–Crippen LogP) is 2.68. The van der Waals surface area contributed by atoms with Crippen molar-refractivity contribution in [3.8, 4) is 0 Å². The van der Waals surface area contributed by atoms with E-state index in [1.807, 2.05) is 6.92 Å². The van der Waals surface area contributed by atoms with Gasteiger partial charge in [0, 0.05) is 5.38 Å². The highest BCUT2D eigenvalue weighted by atomic mass is 32.1. The normalized spacial score (nSPS) is 15.7. The quantitative estimate of drug-likeness (QED) is 0.808. The van der Waals surface area contributed by atoms with Gasteiger partial charge in [0.25, 0.3) is 0 Å². The fourth-order valence-corrected chi connectivity index (χ4v) is 2.09. The minimum atomic E-state index is -0.239. The third-order valence-corrected chi connectivity index (χ3v) is 3.45. The molecule has 0 saturated carbocycles. The lowest BCUT2D eigenvalue weighted by Gasteiger charge is -2.18. The van der Waals surface area contributed by atoms with Gasteiger partial charge in [0.15, 0.2) is 0 Å². The fourth-order valence-electron chi connectivity index (χ4n) is 1.09. The van der Waals surface area contributed by atoms with Crippen LogP contribution in [0, 0.1) is 0 Å². The Morgan fingerprint density at radius 3 is 2.77 bits per heavy atom. The van der Waals surface area contributed by atoms with Crippen molar-refractivity contribution >= 4 is 11.3 Å². The number of nitrogens with zero attached hydrogens (tertiary/aromatic N) is 1. The van der Waals surface area contributed by atoms with E-state index in [0.29, 0.717) is 0 Å². The summed E-state index contributed by atoms with van der Waals surface area (Å²) in [5, 5.41) is 3.19. The molecule has 1 aromatic heterocycles. The lowest BCUT2D eigenvalue weighted by atomic mass is 10.0. The van der Waals surface area contributed by atoms with Gasteiger partial charge in [0.05, 0.1) is 11.2 Å². The van der Waals surface area contributed by atoms with Crippen LogP contribution in [-0.2, 0) is 12.0 Å². The van der Waals surface area contributed by atoms with Crippen molar-refractivity contribution in [2.45, 2.75) is 45.6 Å². The van der Waals surface area contributed by atoms with E-state index < -0.39 is 0 Å². The average molecular weight is 198 g/mol. The van der Waals surface area contributed by atoms with Crippen LogP contribution in [0.15, 0.2) is 5.38 Å². The molecule has 0 radical (unpaired) electrons. The Kier molecular flexibility index (Phi) is 3.45. The van der Waals surface area contributed by atoms with Crippen LogP contribution in [0.2, 0.25) is 0 Å². The van der Waals surface area contributed by atoms with Crippen LogP contribution in [0.1, 0.15) is 44.3 Å². The van der Waals surface area contributed by atoms with Crippen LogP contribution in [0.5, 0.6) is 0 Å². The zero-order chi connectivity index (χ0) is 9.90. The second-order valence-electron chi connectivity index (χ2n) is 3.67. The lowest BCUT2D eigenvalue weighted by molar-refractivity contribution is 0.472. The summed E-state index contributed by atoms with van der Waals surface area (Å²) < 4.78 is 0. The summed E-state index contributed by atoms with van der Waals surface area (Å²) >= 11 is 1.68. The molecule has 0 bridgehead atoms. The van der Waals surface area contributed by atoms with Crippen molar-refractivity contribution in [2.24, 2.45) is 5.73 Å². The van der Waals surface area contributed by atoms with Gasteiger partial charge in [-0.15, -0.1) is 11.3 Å². The Morgan fingerprint density at radius 1 is 1.54 bits per heavy atom. The molecule has 0 saturated heterocycles. The Balaban J connectivity index is 2.79. The minimum absolute atomic E-state index is 0.239. The minimum Gasteiger partial charge on any atom is -0.320 e. The highest BCUT2D eigenvalue weighted by Gasteiger charge is 2.22. The topological polar surface area (TPSA) is 38.9 Å². The van der Waals surface area contributed by atoms with Crippen molar-refractivity contribution in [3.63, 3.8) is 0 Å². The summed E-state index contributed by atoms with van der Waals surface area (Å²) in [7, 11) is 0. The van der Waals surface area contributed by atoms with Crippen molar-refractivity contribution in [3.05, 3.63) is 16.1 Å². The highest BCUT2D eigenvalue weighted by molar-refractivity contribution is 7.09. The second-order valence-corrected chi connectivity index (χ2v) is 4.52. The summed E-state index contributed by atoms with van der Waals surface area (Å²) in [6, 6.07) is 0. The number of rotatable bonds is 4. The van der Waals surface area contributed by atoms with Crippen LogP contribution in [-0.4, -0.2) is 4.98 Å². The average Bonchev–Trinajstić information content (AvgIpc) is 2.54. The largest absolute Gasteiger partial charge is 0.320 e. The molecule has 1 unspecified atom stereocenters. The summed E-state index contributed by atoms with van der Waals surface area (Å²) in [5.41, 5.74) is 7.04. The standard InChI is InChI=1S/C10H18N2S/c1-4-6-8-7-13-9(12-8)10(3,11)5-2/h7H,4-6,11H2,1-3H3. The Bertz CT molecular complexity index is 266. The Morgan fingerprint density at radius 2 is 2.23 bits per heavy atom. The third kappa shape index (κ3) is 2.51. The molecule has 1 aromatic rings. The summed E-state index contributed by atoms with van der Waals surface area (Å²) in [6.45, 7) is 6.31.